The minimum Gasteiger partial charge on any atom is -0.496 e. The van der Waals surface area contributed by atoms with E-state index in [-0.39, 0.29) is 34.6 Å². The molecule has 1 aliphatic carbocycles. The van der Waals surface area contributed by atoms with Crippen molar-refractivity contribution in [2.75, 3.05) is 14.2 Å². The maximum absolute atomic E-state index is 12.6. The number of sulfonamides is 1. The molecule has 0 amide bonds. The van der Waals surface area contributed by atoms with Gasteiger partial charge in [-0.05, 0) is 56.2 Å². The van der Waals surface area contributed by atoms with Gasteiger partial charge < -0.3 is 14.2 Å². The maximum Gasteiger partial charge on any atom is 0.338 e. The lowest BCUT2D eigenvalue weighted by Crippen LogP contribution is -2.26. The molecule has 0 radical (unpaired) electrons. The van der Waals surface area contributed by atoms with Gasteiger partial charge in [0, 0.05) is 17.2 Å². The second kappa shape index (κ2) is 8.85. The molecule has 0 spiro atoms. The Morgan fingerprint density at radius 1 is 1.00 bits per heavy atom. The average Bonchev–Trinajstić information content (AvgIpc) is 3.54. The molecule has 9 heteroatoms. The Labute approximate surface area is 175 Å². The Bertz CT molecular complexity index is 1070. The van der Waals surface area contributed by atoms with Crippen molar-refractivity contribution in [3.8, 4) is 11.5 Å². The summed E-state index contributed by atoms with van der Waals surface area (Å²) in [6.45, 7) is 1.30. The molecule has 3 rings (SSSR count). The van der Waals surface area contributed by atoms with Crippen LogP contribution in [0.15, 0.2) is 41.3 Å². The first kappa shape index (κ1) is 21.8. The molecule has 1 N–H and O–H groups in total. The van der Waals surface area contributed by atoms with E-state index in [9.17, 15) is 18.0 Å². The molecule has 0 saturated heterocycles. The van der Waals surface area contributed by atoms with Gasteiger partial charge in [-0.1, -0.05) is 0 Å². The zero-order valence-electron chi connectivity index (χ0n) is 16.9. The SMILES string of the molecule is COc1ccc(C(C)=O)cc1COC(=O)c1ccc(OC)c(S(=O)(=O)NC2CC2)c1. The van der Waals surface area contributed by atoms with Gasteiger partial charge in [-0.3, -0.25) is 4.79 Å². The Hall–Kier alpha value is -2.91. The number of Topliss-reactive ketones (excluding diaryl/α,β-unsaturated/α-hetero) is 1. The van der Waals surface area contributed by atoms with E-state index in [1.54, 1.807) is 18.2 Å². The first-order valence-corrected chi connectivity index (χ1v) is 10.8. The van der Waals surface area contributed by atoms with Crippen LogP contribution in [0.4, 0.5) is 0 Å². The first-order valence-electron chi connectivity index (χ1n) is 9.30. The zero-order chi connectivity index (χ0) is 21.9. The van der Waals surface area contributed by atoms with Crippen molar-refractivity contribution in [1.29, 1.82) is 0 Å². The van der Waals surface area contributed by atoms with Crippen LogP contribution in [-0.4, -0.2) is 40.4 Å². The number of methoxy groups -OCH3 is 2. The van der Waals surface area contributed by atoms with Gasteiger partial charge in [0.1, 0.15) is 23.0 Å². The van der Waals surface area contributed by atoms with E-state index in [0.29, 0.717) is 16.9 Å². The fourth-order valence-corrected chi connectivity index (χ4v) is 4.33. The van der Waals surface area contributed by atoms with Crippen LogP contribution in [0.2, 0.25) is 0 Å². The molecule has 160 valence electrons. The third kappa shape index (κ3) is 4.98. The summed E-state index contributed by atoms with van der Waals surface area (Å²) in [7, 11) is -0.996. The summed E-state index contributed by atoms with van der Waals surface area (Å²) in [5, 5.41) is 0. The van der Waals surface area contributed by atoms with Crippen molar-refractivity contribution in [3.05, 3.63) is 53.1 Å². The predicted octanol–water partition coefficient (Wildman–Crippen LogP) is 2.70. The van der Waals surface area contributed by atoms with Crippen LogP contribution in [-0.2, 0) is 21.4 Å². The van der Waals surface area contributed by atoms with Gasteiger partial charge >= 0.3 is 5.97 Å². The minimum atomic E-state index is -3.83. The van der Waals surface area contributed by atoms with Crippen LogP contribution in [0.1, 0.15) is 46.0 Å². The number of carbonyl (C=O) groups is 2. The number of nitrogens with one attached hydrogen (secondary N) is 1. The number of ether oxygens (including phenoxy) is 3. The number of hydrogen-bond donors (Lipinski definition) is 1. The summed E-state index contributed by atoms with van der Waals surface area (Å²) in [6.07, 6.45) is 1.56. The lowest BCUT2D eigenvalue weighted by molar-refractivity contribution is 0.0470. The smallest absolute Gasteiger partial charge is 0.338 e. The number of ketones is 1. The molecule has 2 aromatic rings. The molecule has 1 fully saturated rings. The van der Waals surface area contributed by atoms with Gasteiger partial charge in [-0.25, -0.2) is 17.9 Å². The fraction of sp³-hybridized carbons (Fsp3) is 0.333. The van der Waals surface area contributed by atoms with E-state index in [1.807, 2.05) is 0 Å². The van der Waals surface area contributed by atoms with Crippen molar-refractivity contribution in [1.82, 2.24) is 4.72 Å². The third-order valence-electron chi connectivity index (χ3n) is 4.63. The van der Waals surface area contributed by atoms with E-state index in [1.165, 1.54) is 39.3 Å². The van der Waals surface area contributed by atoms with Gasteiger partial charge in [-0.15, -0.1) is 0 Å². The quantitative estimate of drug-likeness (QED) is 0.478. The Morgan fingerprint density at radius 3 is 2.23 bits per heavy atom. The molecule has 0 aliphatic heterocycles. The second-order valence-corrected chi connectivity index (χ2v) is 8.60. The van der Waals surface area contributed by atoms with Crippen LogP contribution in [0, 0.1) is 0 Å². The topological polar surface area (TPSA) is 108 Å². The lowest BCUT2D eigenvalue weighted by atomic mass is 10.1. The second-order valence-electron chi connectivity index (χ2n) is 6.92. The van der Waals surface area contributed by atoms with Crippen LogP contribution in [0.3, 0.4) is 0 Å². The van der Waals surface area contributed by atoms with E-state index in [4.69, 9.17) is 14.2 Å². The Morgan fingerprint density at radius 2 is 1.63 bits per heavy atom. The maximum atomic E-state index is 12.6. The monoisotopic (exact) mass is 433 g/mol. The highest BCUT2D eigenvalue weighted by molar-refractivity contribution is 7.89. The molecular weight excluding hydrogens is 410 g/mol. The zero-order valence-corrected chi connectivity index (χ0v) is 17.7. The first-order chi connectivity index (χ1) is 14.2. The van der Waals surface area contributed by atoms with Crippen molar-refractivity contribution >= 4 is 21.8 Å². The summed E-state index contributed by atoms with van der Waals surface area (Å²) in [4.78, 5) is 24.0. The molecule has 0 heterocycles. The summed E-state index contributed by atoms with van der Waals surface area (Å²) >= 11 is 0. The molecule has 0 aromatic heterocycles. The van der Waals surface area contributed by atoms with Crippen LogP contribution < -0.4 is 14.2 Å². The fourth-order valence-electron chi connectivity index (χ4n) is 2.83. The molecular formula is C21H23NO7S. The van der Waals surface area contributed by atoms with Crippen molar-refractivity contribution < 1.29 is 32.2 Å². The van der Waals surface area contributed by atoms with E-state index in [2.05, 4.69) is 4.72 Å². The van der Waals surface area contributed by atoms with Crippen molar-refractivity contribution in [2.45, 2.75) is 37.3 Å². The van der Waals surface area contributed by atoms with Gasteiger partial charge in [0.05, 0.1) is 19.8 Å². The third-order valence-corrected chi connectivity index (χ3v) is 6.18. The predicted molar refractivity (Wildman–Crippen MR) is 108 cm³/mol. The van der Waals surface area contributed by atoms with Crippen LogP contribution in [0.25, 0.3) is 0 Å². The van der Waals surface area contributed by atoms with Gasteiger partial charge in [-0.2, -0.15) is 0 Å². The number of benzene rings is 2. The summed E-state index contributed by atoms with van der Waals surface area (Å²) in [5.74, 6) is -0.232. The molecule has 2 aromatic carbocycles. The van der Waals surface area contributed by atoms with Crippen LogP contribution in [0.5, 0.6) is 11.5 Å². The van der Waals surface area contributed by atoms with E-state index in [0.717, 1.165) is 12.8 Å². The molecule has 1 saturated carbocycles. The van der Waals surface area contributed by atoms with Crippen LogP contribution >= 0.6 is 0 Å². The van der Waals surface area contributed by atoms with Crippen molar-refractivity contribution in [2.24, 2.45) is 0 Å². The standard InChI is InChI=1S/C21H23NO7S/c1-13(23)14-4-8-18(27-2)16(10-14)12-29-21(24)15-5-9-19(28-3)20(11-15)30(25,26)22-17-6-7-17/h4-5,8-11,17,22H,6-7,12H2,1-3H3. The van der Waals surface area contributed by atoms with Gasteiger partial charge in [0.25, 0.3) is 0 Å². The Kier molecular flexibility index (Phi) is 6.42. The molecule has 0 atom stereocenters. The summed E-state index contributed by atoms with van der Waals surface area (Å²) in [5.41, 5.74) is 1.05. The van der Waals surface area contributed by atoms with E-state index < -0.39 is 16.0 Å². The average molecular weight is 433 g/mol. The van der Waals surface area contributed by atoms with Gasteiger partial charge in [0.2, 0.25) is 10.0 Å². The number of rotatable bonds is 9. The molecule has 0 bridgehead atoms. The van der Waals surface area contributed by atoms with E-state index >= 15 is 0 Å². The number of esters is 1. The minimum absolute atomic E-state index is 0.0636. The summed E-state index contributed by atoms with van der Waals surface area (Å²) in [6, 6.07) is 8.83. The molecule has 0 unspecified atom stereocenters. The molecule has 8 nitrogen and oxygen atoms in total. The lowest BCUT2D eigenvalue weighted by Gasteiger charge is -2.13. The summed E-state index contributed by atoms with van der Waals surface area (Å²) < 4.78 is 43.5. The molecule has 1 aliphatic rings. The highest BCUT2D eigenvalue weighted by atomic mass is 32.2. The highest BCUT2D eigenvalue weighted by Crippen LogP contribution is 2.29. The van der Waals surface area contributed by atoms with Gasteiger partial charge in [0.15, 0.2) is 5.78 Å². The largest absolute Gasteiger partial charge is 0.496 e. The number of carbonyl (C=O) groups excluding carboxylic acids is 2. The Balaban J connectivity index is 1.81. The molecule has 30 heavy (non-hydrogen) atoms. The normalized spacial score (nSPS) is 13.6. The number of hydrogen-bond acceptors (Lipinski definition) is 7. The highest BCUT2D eigenvalue weighted by Gasteiger charge is 2.30. The van der Waals surface area contributed by atoms with Crippen molar-refractivity contribution in [3.63, 3.8) is 0 Å².